The van der Waals surface area contributed by atoms with Gasteiger partial charge in [-0.1, -0.05) is 22.0 Å². The Balaban J connectivity index is 1.82. The zero-order chi connectivity index (χ0) is 17.3. The normalized spacial score (nSPS) is 20.8. The van der Waals surface area contributed by atoms with Gasteiger partial charge in [0.15, 0.2) is 0 Å². The van der Waals surface area contributed by atoms with E-state index < -0.39 is 0 Å². The Morgan fingerprint density at radius 2 is 1.92 bits per heavy atom. The van der Waals surface area contributed by atoms with Crippen molar-refractivity contribution in [1.29, 1.82) is 0 Å². The second-order valence-electron chi connectivity index (χ2n) is 6.69. The van der Waals surface area contributed by atoms with E-state index in [-0.39, 0.29) is 11.9 Å². The molecule has 1 saturated carbocycles. The Morgan fingerprint density at radius 1 is 1.21 bits per heavy atom. The summed E-state index contributed by atoms with van der Waals surface area (Å²) in [7, 11) is 0. The molecule has 0 spiro atoms. The van der Waals surface area contributed by atoms with Crippen molar-refractivity contribution in [3.63, 3.8) is 0 Å². The second-order valence-corrected chi connectivity index (χ2v) is 7.60. The van der Waals surface area contributed by atoms with Crippen LogP contribution in [-0.2, 0) is 0 Å². The fourth-order valence-corrected chi connectivity index (χ4v) is 3.92. The molecule has 1 amide bonds. The summed E-state index contributed by atoms with van der Waals surface area (Å²) in [6, 6.07) is 10.6. The number of benzene rings is 1. The lowest BCUT2D eigenvalue weighted by Gasteiger charge is -2.26. The van der Waals surface area contributed by atoms with Crippen molar-refractivity contribution in [2.24, 2.45) is 5.73 Å². The first kappa shape index (κ1) is 17.2. The van der Waals surface area contributed by atoms with E-state index in [2.05, 4.69) is 37.9 Å². The average molecular weight is 390 g/mol. The lowest BCUT2D eigenvalue weighted by atomic mass is 9.91. The largest absolute Gasteiger partial charge is 0.349 e. The maximum absolute atomic E-state index is 12.7. The van der Waals surface area contributed by atoms with E-state index in [1.54, 1.807) is 0 Å². The topological polar surface area (TPSA) is 60.1 Å². The molecule has 1 aliphatic rings. The molecule has 4 nitrogen and oxygen atoms in total. The predicted octanol–water partition coefficient (Wildman–Crippen LogP) is 3.86. The highest BCUT2D eigenvalue weighted by Gasteiger charge is 2.23. The summed E-state index contributed by atoms with van der Waals surface area (Å²) in [6.07, 6.45) is 3.92. The van der Waals surface area contributed by atoms with Gasteiger partial charge in [0.25, 0.3) is 5.91 Å². The lowest BCUT2D eigenvalue weighted by Crippen LogP contribution is -2.40. The maximum atomic E-state index is 12.7. The van der Waals surface area contributed by atoms with Crippen LogP contribution in [0.2, 0.25) is 0 Å². The van der Waals surface area contributed by atoms with Crippen LogP contribution in [0, 0.1) is 13.8 Å². The van der Waals surface area contributed by atoms with Crippen LogP contribution in [0.4, 0.5) is 0 Å². The summed E-state index contributed by atoms with van der Waals surface area (Å²) in [4.78, 5) is 12.7. The first-order valence-electron chi connectivity index (χ1n) is 8.47. The van der Waals surface area contributed by atoms with Gasteiger partial charge >= 0.3 is 0 Å². The van der Waals surface area contributed by atoms with Gasteiger partial charge in [-0.15, -0.1) is 0 Å². The molecule has 1 heterocycles. The summed E-state index contributed by atoms with van der Waals surface area (Å²) in [5.41, 5.74) is 9.78. The minimum atomic E-state index is 0.0184. The van der Waals surface area contributed by atoms with Crippen molar-refractivity contribution in [2.45, 2.75) is 51.6 Å². The number of nitrogens with one attached hydrogen (secondary N) is 1. The van der Waals surface area contributed by atoms with Crippen molar-refractivity contribution in [1.82, 2.24) is 9.88 Å². The molecule has 1 aromatic heterocycles. The molecule has 0 radical (unpaired) electrons. The van der Waals surface area contributed by atoms with Gasteiger partial charge in [-0.05, 0) is 63.8 Å². The van der Waals surface area contributed by atoms with Gasteiger partial charge in [-0.2, -0.15) is 0 Å². The molecule has 0 saturated heterocycles. The minimum absolute atomic E-state index is 0.0184. The molecule has 0 bridgehead atoms. The van der Waals surface area contributed by atoms with Crippen LogP contribution < -0.4 is 11.1 Å². The number of hydrogen-bond donors (Lipinski definition) is 2. The Kier molecular flexibility index (Phi) is 5.11. The van der Waals surface area contributed by atoms with Gasteiger partial charge in [0.2, 0.25) is 0 Å². The number of carbonyl (C=O) groups excluding carboxylic acids is 1. The third kappa shape index (κ3) is 3.57. The third-order valence-electron chi connectivity index (χ3n) is 4.85. The standard InChI is InChI=1S/C19H24BrN3O/c1-12-10-18(19(24)22-16-8-6-15(21)7-9-16)13(2)23(12)17-5-3-4-14(20)11-17/h3-5,10-11,15-16H,6-9,21H2,1-2H3,(H,22,24). The van der Waals surface area contributed by atoms with Crippen molar-refractivity contribution in [3.8, 4) is 5.69 Å². The van der Waals surface area contributed by atoms with Crippen LogP contribution in [0.1, 0.15) is 47.4 Å². The summed E-state index contributed by atoms with van der Waals surface area (Å²) in [5, 5.41) is 3.18. The monoisotopic (exact) mass is 389 g/mol. The molecule has 2 aromatic rings. The lowest BCUT2D eigenvalue weighted by molar-refractivity contribution is 0.0925. The maximum Gasteiger partial charge on any atom is 0.253 e. The van der Waals surface area contributed by atoms with E-state index in [0.717, 1.165) is 52.8 Å². The molecular formula is C19H24BrN3O. The SMILES string of the molecule is Cc1cc(C(=O)NC2CCC(N)CC2)c(C)n1-c1cccc(Br)c1. The number of carbonyl (C=O) groups is 1. The molecule has 1 aliphatic carbocycles. The molecule has 1 aromatic carbocycles. The Morgan fingerprint density at radius 3 is 2.58 bits per heavy atom. The van der Waals surface area contributed by atoms with Crippen LogP contribution in [0.25, 0.3) is 5.69 Å². The molecule has 3 N–H and O–H groups in total. The molecule has 24 heavy (non-hydrogen) atoms. The molecular weight excluding hydrogens is 366 g/mol. The molecule has 0 atom stereocenters. The zero-order valence-corrected chi connectivity index (χ0v) is 15.8. The van der Waals surface area contributed by atoms with Crippen LogP contribution in [0.15, 0.2) is 34.8 Å². The molecule has 5 heteroatoms. The van der Waals surface area contributed by atoms with E-state index in [9.17, 15) is 4.79 Å². The van der Waals surface area contributed by atoms with E-state index in [0.29, 0.717) is 6.04 Å². The Hall–Kier alpha value is -1.59. The smallest absolute Gasteiger partial charge is 0.253 e. The first-order chi connectivity index (χ1) is 11.5. The van der Waals surface area contributed by atoms with E-state index in [4.69, 9.17) is 5.73 Å². The van der Waals surface area contributed by atoms with Gasteiger partial charge in [0.05, 0.1) is 5.56 Å². The number of nitrogens with two attached hydrogens (primary N) is 1. The highest BCUT2D eigenvalue weighted by Crippen LogP contribution is 2.24. The van der Waals surface area contributed by atoms with Gasteiger partial charge in [-0.3, -0.25) is 4.79 Å². The van der Waals surface area contributed by atoms with Crippen LogP contribution in [0.5, 0.6) is 0 Å². The number of halogens is 1. The van der Waals surface area contributed by atoms with Crippen molar-refractivity contribution >= 4 is 21.8 Å². The molecule has 128 valence electrons. The average Bonchev–Trinajstić information content (AvgIpc) is 2.84. The summed E-state index contributed by atoms with van der Waals surface area (Å²) in [6.45, 7) is 4.03. The van der Waals surface area contributed by atoms with Crippen LogP contribution >= 0.6 is 15.9 Å². The Bertz CT molecular complexity index is 745. The van der Waals surface area contributed by atoms with E-state index in [1.807, 2.05) is 32.0 Å². The number of hydrogen-bond acceptors (Lipinski definition) is 2. The summed E-state index contributed by atoms with van der Waals surface area (Å²) >= 11 is 3.51. The number of aromatic nitrogens is 1. The fourth-order valence-electron chi connectivity index (χ4n) is 3.53. The molecule has 1 fully saturated rings. The number of aryl methyl sites for hydroxylation is 1. The predicted molar refractivity (Wildman–Crippen MR) is 101 cm³/mol. The van der Waals surface area contributed by atoms with Crippen molar-refractivity contribution in [2.75, 3.05) is 0 Å². The van der Waals surface area contributed by atoms with Gasteiger partial charge in [0, 0.05) is 33.6 Å². The Labute approximate surface area is 151 Å². The fraction of sp³-hybridized carbons (Fsp3) is 0.421. The second kappa shape index (κ2) is 7.11. The van der Waals surface area contributed by atoms with Crippen LogP contribution in [0.3, 0.4) is 0 Å². The third-order valence-corrected chi connectivity index (χ3v) is 5.34. The van der Waals surface area contributed by atoms with Gasteiger partial charge < -0.3 is 15.6 Å². The first-order valence-corrected chi connectivity index (χ1v) is 9.26. The highest BCUT2D eigenvalue weighted by atomic mass is 79.9. The van der Waals surface area contributed by atoms with Crippen molar-refractivity contribution < 1.29 is 4.79 Å². The zero-order valence-electron chi connectivity index (χ0n) is 14.2. The molecule has 3 rings (SSSR count). The van der Waals surface area contributed by atoms with E-state index in [1.165, 1.54) is 0 Å². The summed E-state index contributed by atoms with van der Waals surface area (Å²) in [5.74, 6) is 0.0184. The van der Waals surface area contributed by atoms with Gasteiger partial charge in [-0.25, -0.2) is 0 Å². The number of nitrogens with zero attached hydrogens (tertiary/aromatic N) is 1. The van der Waals surface area contributed by atoms with Gasteiger partial charge in [0.1, 0.15) is 0 Å². The van der Waals surface area contributed by atoms with Crippen LogP contribution in [-0.4, -0.2) is 22.6 Å². The molecule has 0 unspecified atom stereocenters. The quantitative estimate of drug-likeness (QED) is 0.836. The summed E-state index contributed by atoms with van der Waals surface area (Å²) < 4.78 is 3.15. The number of amides is 1. The van der Waals surface area contributed by atoms with Crippen molar-refractivity contribution in [3.05, 3.63) is 51.8 Å². The number of rotatable bonds is 3. The van der Waals surface area contributed by atoms with E-state index >= 15 is 0 Å². The minimum Gasteiger partial charge on any atom is -0.349 e. The highest BCUT2D eigenvalue weighted by molar-refractivity contribution is 9.10. The molecule has 0 aliphatic heterocycles.